The normalized spacial score (nSPS) is 26.1. The third-order valence-corrected chi connectivity index (χ3v) is 7.70. The summed E-state index contributed by atoms with van der Waals surface area (Å²) in [7, 11) is 0. The Hall–Kier alpha value is -0.200. The second-order valence-electron chi connectivity index (χ2n) is 11.0. The molecule has 0 bridgehead atoms. The highest BCUT2D eigenvalue weighted by Crippen LogP contribution is 2.34. The van der Waals surface area contributed by atoms with Crippen molar-refractivity contribution in [1.29, 1.82) is 0 Å². The smallest absolute Gasteiger partial charge is 0.194 e. The van der Waals surface area contributed by atoms with Gasteiger partial charge in [0.1, 0.15) is 18.3 Å². The van der Waals surface area contributed by atoms with Crippen LogP contribution in [0.1, 0.15) is 149 Å². The van der Waals surface area contributed by atoms with Crippen LogP contribution in [-0.4, -0.2) is 51.1 Å². The van der Waals surface area contributed by atoms with Gasteiger partial charge < -0.3 is 25.2 Å². The van der Waals surface area contributed by atoms with Gasteiger partial charge in [0.2, 0.25) is 0 Å². The van der Waals surface area contributed by atoms with Gasteiger partial charge in [0.25, 0.3) is 0 Å². The van der Waals surface area contributed by atoms with Crippen LogP contribution in [0.15, 0.2) is 0 Å². The van der Waals surface area contributed by atoms with E-state index in [1.807, 2.05) is 0 Å². The Bertz CT molecular complexity index is 460. The van der Waals surface area contributed by atoms with Gasteiger partial charge in [-0.15, -0.1) is 0 Å². The highest BCUT2D eigenvalue weighted by Gasteiger charge is 2.49. The van der Waals surface area contributed by atoms with Crippen molar-refractivity contribution in [3.63, 3.8) is 0 Å². The number of hydrogen-bond acceptors (Lipinski definition) is 5. The van der Waals surface area contributed by atoms with Crippen molar-refractivity contribution in [2.75, 3.05) is 6.61 Å². The second kappa shape index (κ2) is 19.9. The second-order valence-corrected chi connectivity index (χ2v) is 11.0. The van der Waals surface area contributed by atoms with Gasteiger partial charge in [-0.2, -0.15) is 0 Å². The number of ether oxygens (including phenoxy) is 1. The van der Waals surface area contributed by atoms with Crippen LogP contribution in [0.3, 0.4) is 0 Å². The Kier molecular flexibility index (Phi) is 18.7. The monoisotopic (exact) mass is 486 g/mol. The molecule has 1 heterocycles. The lowest BCUT2D eigenvalue weighted by atomic mass is 9.84. The van der Waals surface area contributed by atoms with E-state index in [4.69, 9.17) is 4.74 Å². The third-order valence-electron chi connectivity index (χ3n) is 7.70. The average Bonchev–Trinajstić information content (AvgIpc) is 2.83. The molecule has 0 aromatic heterocycles. The predicted molar refractivity (Wildman–Crippen MR) is 141 cm³/mol. The molecule has 1 fully saturated rings. The molecular weight excluding hydrogens is 428 g/mol. The van der Waals surface area contributed by atoms with Crippen LogP contribution >= 0.6 is 0 Å². The molecule has 5 heteroatoms. The summed E-state index contributed by atoms with van der Waals surface area (Å²) in [6.07, 6.45) is 21.6. The Morgan fingerprint density at radius 2 is 1.03 bits per heavy atom. The molecule has 0 spiro atoms. The molecule has 1 aliphatic rings. The zero-order valence-corrected chi connectivity index (χ0v) is 22.6. The number of rotatable bonds is 22. The lowest BCUT2D eigenvalue weighted by Gasteiger charge is -2.43. The minimum atomic E-state index is -1.76. The number of aliphatic hydroxyl groups excluding tert-OH is 3. The Morgan fingerprint density at radius 1 is 0.647 bits per heavy atom. The first kappa shape index (κ1) is 31.8. The maximum atomic E-state index is 10.9. The molecule has 34 heavy (non-hydrogen) atoms. The van der Waals surface area contributed by atoms with E-state index in [1.54, 1.807) is 0 Å². The van der Waals surface area contributed by atoms with Gasteiger partial charge in [-0.1, -0.05) is 142 Å². The van der Waals surface area contributed by atoms with E-state index in [2.05, 4.69) is 13.8 Å². The first-order chi connectivity index (χ1) is 16.4. The summed E-state index contributed by atoms with van der Waals surface area (Å²) >= 11 is 0. The summed E-state index contributed by atoms with van der Waals surface area (Å²) in [6.45, 7) is 4.36. The largest absolute Gasteiger partial charge is 0.388 e. The molecule has 1 aliphatic heterocycles. The molecule has 0 aliphatic carbocycles. The molecule has 0 radical (unpaired) electrons. The molecule has 5 nitrogen and oxygen atoms in total. The van der Waals surface area contributed by atoms with Crippen molar-refractivity contribution in [3.8, 4) is 0 Å². The fourth-order valence-electron chi connectivity index (χ4n) is 5.32. The molecule has 0 aromatic carbocycles. The Morgan fingerprint density at radius 3 is 1.44 bits per heavy atom. The summed E-state index contributed by atoms with van der Waals surface area (Å²) in [4.78, 5) is 0. The van der Waals surface area contributed by atoms with Crippen LogP contribution in [0, 0.1) is 5.92 Å². The van der Waals surface area contributed by atoms with Crippen LogP contribution in [0.5, 0.6) is 0 Å². The van der Waals surface area contributed by atoms with Crippen molar-refractivity contribution in [1.82, 2.24) is 0 Å². The average molecular weight is 487 g/mol. The topological polar surface area (TPSA) is 90.2 Å². The highest BCUT2D eigenvalue weighted by molar-refractivity contribution is 4.92. The van der Waals surface area contributed by atoms with E-state index in [0.717, 1.165) is 25.7 Å². The third kappa shape index (κ3) is 13.8. The van der Waals surface area contributed by atoms with Gasteiger partial charge in [0, 0.05) is 6.42 Å². The quantitative estimate of drug-likeness (QED) is 0.129. The van der Waals surface area contributed by atoms with Gasteiger partial charge in [-0.05, 0) is 5.92 Å². The van der Waals surface area contributed by atoms with E-state index in [-0.39, 0.29) is 12.5 Å². The molecule has 4 N–H and O–H groups in total. The molecule has 0 aromatic rings. The maximum absolute atomic E-state index is 10.9. The minimum Gasteiger partial charge on any atom is -0.388 e. The van der Waals surface area contributed by atoms with Crippen LogP contribution in [0.2, 0.25) is 0 Å². The fourth-order valence-corrected chi connectivity index (χ4v) is 5.32. The van der Waals surface area contributed by atoms with Gasteiger partial charge >= 0.3 is 0 Å². The number of hydrogen-bond donors (Lipinski definition) is 4. The zero-order chi connectivity index (χ0) is 25.1. The van der Waals surface area contributed by atoms with E-state index < -0.39 is 24.1 Å². The molecule has 5 atom stereocenters. The SMILES string of the molecule is CCCCCCCCCCCCC(CCCCCCCCCC)CC1(O)OC[C@@H](O)[C@H](O)[C@H]1O. The van der Waals surface area contributed by atoms with Crippen molar-refractivity contribution in [2.45, 2.75) is 173 Å². The first-order valence-electron chi connectivity index (χ1n) is 14.8. The number of aliphatic hydroxyl groups is 4. The van der Waals surface area contributed by atoms with Gasteiger partial charge in [-0.3, -0.25) is 0 Å². The molecule has 1 rings (SSSR count). The van der Waals surface area contributed by atoms with Crippen LogP contribution in [-0.2, 0) is 4.74 Å². The zero-order valence-electron chi connectivity index (χ0n) is 22.6. The van der Waals surface area contributed by atoms with Gasteiger partial charge in [-0.25, -0.2) is 0 Å². The molecular formula is C29H58O5. The maximum Gasteiger partial charge on any atom is 0.194 e. The molecule has 0 amide bonds. The minimum absolute atomic E-state index is 0.141. The Balaban J connectivity index is 2.36. The molecule has 0 saturated carbocycles. The standard InChI is InChI=1S/C29H58O5/c1-3-5-7-9-11-13-14-16-18-20-22-25(21-19-17-15-12-10-8-6-4-2)23-29(33)28(32)27(31)26(30)24-34-29/h25-28,30-33H,3-24H2,1-2H3/t25?,26-,27+,28-,29?/m1/s1. The summed E-state index contributed by atoms with van der Waals surface area (Å²) < 4.78 is 5.47. The molecule has 2 unspecified atom stereocenters. The van der Waals surface area contributed by atoms with Crippen LogP contribution in [0.4, 0.5) is 0 Å². The predicted octanol–water partition coefficient (Wildman–Crippen LogP) is 6.64. The van der Waals surface area contributed by atoms with Crippen molar-refractivity contribution >= 4 is 0 Å². The van der Waals surface area contributed by atoms with Crippen molar-refractivity contribution in [2.24, 2.45) is 5.92 Å². The summed E-state index contributed by atoms with van der Waals surface area (Å²) in [5.74, 6) is -1.50. The Labute approximate surface area is 210 Å². The summed E-state index contributed by atoms with van der Waals surface area (Å²) in [5, 5.41) is 41.1. The van der Waals surface area contributed by atoms with E-state index in [9.17, 15) is 20.4 Å². The van der Waals surface area contributed by atoms with E-state index >= 15 is 0 Å². The van der Waals surface area contributed by atoms with Gasteiger partial charge in [0.05, 0.1) is 6.61 Å². The number of unbranched alkanes of at least 4 members (excludes halogenated alkanes) is 16. The summed E-state index contributed by atoms with van der Waals surface area (Å²) in [6, 6.07) is 0. The lowest BCUT2D eigenvalue weighted by Crippen LogP contribution is -2.61. The van der Waals surface area contributed by atoms with Crippen LogP contribution in [0.25, 0.3) is 0 Å². The molecule has 1 saturated heterocycles. The fraction of sp³-hybridized carbons (Fsp3) is 1.00. The van der Waals surface area contributed by atoms with E-state index in [0.29, 0.717) is 6.42 Å². The summed E-state index contributed by atoms with van der Waals surface area (Å²) in [5.41, 5.74) is 0. The van der Waals surface area contributed by atoms with Crippen LogP contribution < -0.4 is 0 Å². The van der Waals surface area contributed by atoms with Crippen molar-refractivity contribution < 1.29 is 25.2 Å². The highest BCUT2D eigenvalue weighted by atomic mass is 16.6. The van der Waals surface area contributed by atoms with E-state index in [1.165, 1.54) is 103 Å². The first-order valence-corrected chi connectivity index (χ1v) is 14.8. The van der Waals surface area contributed by atoms with Crippen molar-refractivity contribution in [3.05, 3.63) is 0 Å². The molecule has 204 valence electrons. The van der Waals surface area contributed by atoms with Gasteiger partial charge in [0.15, 0.2) is 5.79 Å². The lowest BCUT2D eigenvalue weighted by molar-refractivity contribution is -0.327.